The first-order valence-electron chi connectivity index (χ1n) is 13.0. The van der Waals surface area contributed by atoms with Gasteiger partial charge in [-0.2, -0.15) is 0 Å². The molecule has 4 aliphatic carbocycles. The Morgan fingerprint density at radius 2 is 1.50 bits per heavy atom. The summed E-state index contributed by atoms with van der Waals surface area (Å²) in [7, 11) is 0. The Hall–Kier alpha value is -0.0400. The van der Waals surface area contributed by atoms with E-state index in [4.69, 9.17) is 4.74 Å². The molecule has 1 nitrogen and oxygen atoms in total. The normalized spacial score (nSPS) is 53.1. The van der Waals surface area contributed by atoms with Crippen molar-refractivity contribution in [2.75, 3.05) is 0 Å². The van der Waals surface area contributed by atoms with Crippen molar-refractivity contribution in [3.8, 4) is 0 Å². The van der Waals surface area contributed by atoms with Gasteiger partial charge in [0.05, 0.1) is 12.2 Å². The summed E-state index contributed by atoms with van der Waals surface area (Å²) in [5, 5.41) is 0. The molecule has 0 aromatic rings. The van der Waals surface area contributed by atoms with Gasteiger partial charge in [-0.15, -0.1) is 0 Å². The fourth-order valence-electron chi connectivity index (χ4n) is 9.62. The van der Waals surface area contributed by atoms with E-state index < -0.39 is 0 Å². The zero-order valence-electron chi connectivity index (χ0n) is 19.4. The van der Waals surface area contributed by atoms with Crippen molar-refractivity contribution in [1.82, 2.24) is 0 Å². The van der Waals surface area contributed by atoms with E-state index >= 15 is 0 Å². The van der Waals surface area contributed by atoms with Crippen LogP contribution in [0.5, 0.6) is 0 Å². The molecule has 0 N–H and O–H groups in total. The lowest BCUT2D eigenvalue weighted by atomic mass is 9.44. The van der Waals surface area contributed by atoms with Crippen molar-refractivity contribution in [2.24, 2.45) is 52.3 Å². The van der Waals surface area contributed by atoms with Crippen molar-refractivity contribution in [3.63, 3.8) is 0 Å². The third-order valence-corrected chi connectivity index (χ3v) is 11.1. The SMILES string of the molecule is CC(C)CCC[C@@H](C)C1CCC2C3CC[C@H]4[C@@H]5O[C@@H]5CCC4(C)C3CCC21C. The van der Waals surface area contributed by atoms with Gasteiger partial charge in [0.2, 0.25) is 0 Å². The van der Waals surface area contributed by atoms with Gasteiger partial charge < -0.3 is 4.74 Å². The molecule has 4 saturated carbocycles. The van der Waals surface area contributed by atoms with Crippen molar-refractivity contribution in [3.05, 3.63) is 0 Å². The molecule has 10 atom stereocenters. The van der Waals surface area contributed by atoms with Crippen LogP contribution in [0.4, 0.5) is 0 Å². The molecule has 6 unspecified atom stereocenters. The highest BCUT2D eigenvalue weighted by Gasteiger charge is 2.65. The second kappa shape index (κ2) is 7.00. The van der Waals surface area contributed by atoms with Gasteiger partial charge in [0.15, 0.2) is 0 Å². The molecule has 5 fully saturated rings. The molecule has 5 rings (SSSR count). The van der Waals surface area contributed by atoms with E-state index in [-0.39, 0.29) is 0 Å². The quantitative estimate of drug-likeness (QED) is 0.446. The molecular weight excluding hydrogens is 340 g/mol. The predicted octanol–water partition coefficient (Wildman–Crippen LogP) is 7.49. The molecule has 1 aliphatic heterocycles. The minimum atomic E-state index is 0.600. The second-order valence-electron chi connectivity index (χ2n) is 12.8. The number of rotatable bonds is 5. The fourth-order valence-corrected chi connectivity index (χ4v) is 9.62. The summed E-state index contributed by atoms with van der Waals surface area (Å²) in [6.07, 6.45) is 17.6. The van der Waals surface area contributed by atoms with Crippen LogP contribution in [-0.2, 0) is 4.74 Å². The summed E-state index contributed by atoms with van der Waals surface area (Å²) >= 11 is 0. The molecule has 5 aliphatic rings. The summed E-state index contributed by atoms with van der Waals surface area (Å²) in [5.41, 5.74) is 1.25. The van der Waals surface area contributed by atoms with Crippen LogP contribution in [-0.4, -0.2) is 12.2 Å². The van der Waals surface area contributed by atoms with Crippen LogP contribution in [0.2, 0.25) is 0 Å². The number of hydrogen-bond acceptors (Lipinski definition) is 1. The summed E-state index contributed by atoms with van der Waals surface area (Å²) in [5.74, 6) is 6.76. The monoisotopic (exact) mass is 386 g/mol. The average Bonchev–Trinajstić information content (AvgIpc) is 3.34. The maximum atomic E-state index is 6.10. The van der Waals surface area contributed by atoms with Gasteiger partial charge in [-0.05, 0) is 104 Å². The topological polar surface area (TPSA) is 12.5 Å². The summed E-state index contributed by atoms with van der Waals surface area (Å²) in [6, 6.07) is 0. The van der Waals surface area contributed by atoms with Gasteiger partial charge in [0.25, 0.3) is 0 Å². The first kappa shape index (κ1) is 19.9. The standard InChI is InChI=1S/C27H46O/c1-17(2)7-6-8-18(3)20-11-12-21-19-9-10-23-25-24(28-25)14-16-27(23,5)22(19)13-15-26(20,21)4/h17-25H,6-16H2,1-5H3/t18-,19?,20?,21?,22?,23+,24-,25+,26?,27?/m1/s1. The van der Waals surface area contributed by atoms with Crippen LogP contribution in [0, 0.1) is 52.3 Å². The predicted molar refractivity (Wildman–Crippen MR) is 117 cm³/mol. The summed E-state index contributed by atoms with van der Waals surface area (Å²) in [6.45, 7) is 12.8. The van der Waals surface area contributed by atoms with Crippen molar-refractivity contribution < 1.29 is 4.74 Å². The average molecular weight is 387 g/mol. The molecule has 1 saturated heterocycles. The Kier molecular flexibility index (Phi) is 4.97. The highest BCUT2D eigenvalue weighted by atomic mass is 16.6. The Labute approximate surface area is 174 Å². The van der Waals surface area contributed by atoms with Crippen molar-refractivity contribution in [1.29, 1.82) is 0 Å². The van der Waals surface area contributed by atoms with E-state index in [2.05, 4.69) is 34.6 Å². The first-order chi connectivity index (χ1) is 13.3. The van der Waals surface area contributed by atoms with E-state index in [1.807, 2.05) is 0 Å². The van der Waals surface area contributed by atoms with E-state index in [0.717, 1.165) is 41.4 Å². The minimum absolute atomic E-state index is 0.600. The fraction of sp³-hybridized carbons (Fsp3) is 1.00. The Morgan fingerprint density at radius 3 is 2.29 bits per heavy atom. The molecule has 28 heavy (non-hydrogen) atoms. The van der Waals surface area contributed by atoms with Gasteiger partial charge >= 0.3 is 0 Å². The van der Waals surface area contributed by atoms with Crippen LogP contribution < -0.4 is 0 Å². The van der Waals surface area contributed by atoms with Gasteiger partial charge in [-0.25, -0.2) is 0 Å². The zero-order chi connectivity index (χ0) is 19.7. The Morgan fingerprint density at radius 1 is 0.786 bits per heavy atom. The second-order valence-corrected chi connectivity index (χ2v) is 12.8. The maximum absolute atomic E-state index is 6.10. The number of epoxide rings is 1. The largest absolute Gasteiger partial charge is 0.369 e. The maximum Gasteiger partial charge on any atom is 0.0875 e. The van der Waals surface area contributed by atoms with Crippen LogP contribution in [0.25, 0.3) is 0 Å². The molecule has 160 valence electrons. The Balaban J connectivity index is 1.30. The van der Waals surface area contributed by atoms with E-state index in [0.29, 0.717) is 23.0 Å². The lowest BCUT2D eigenvalue weighted by molar-refractivity contribution is -0.111. The molecule has 0 aromatic carbocycles. The first-order valence-corrected chi connectivity index (χ1v) is 13.0. The zero-order valence-corrected chi connectivity index (χ0v) is 19.4. The van der Waals surface area contributed by atoms with E-state index in [9.17, 15) is 0 Å². The Bertz CT molecular complexity index is 583. The molecule has 0 amide bonds. The highest BCUT2D eigenvalue weighted by Crippen LogP contribution is 2.69. The van der Waals surface area contributed by atoms with Gasteiger partial charge in [0.1, 0.15) is 0 Å². The molecule has 0 bridgehead atoms. The minimum Gasteiger partial charge on any atom is -0.369 e. The molecule has 0 radical (unpaired) electrons. The van der Waals surface area contributed by atoms with Crippen molar-refractivity contribution >= 4 is 0 Å². The lowest BCUT2D eigenvalue weighted by Crippen LogP contribution is -2.54. The smallest absolute Gasteiger partial charge is 0.0875 e. The van der Waals surface area contributed by atoms with E-state index in [1.165, 1.54) is 64.2 Å². The van der Waals surface area contributed by atoms with Crippen molar-refractivity contribution in [2.45, 2.75) is 117 Å². The number of fused-ring (bicyclic) bond motifs is 7. The van der Waals surface area contributed by atoms with Gasteiger partial charge in [-0.1, -0.05) is 53.9 Å². The molecule has 0 aromatic heterocycles. The number of hydrogen-bond donors (Lipinski definition) is 0. The third-order valence-electron chi connectivity index (χ3n) is 11.1. The molecule has 1 heteroatoms. The highest BCUT2D eigenvalue weighted by molar-refractivity contribution is 5.13. The van der Waals surface area contributed by atoms with Crippen LogP contribution in [0.1, 0.15) is 105 Å². The summed E-state index contributed by atoms with van der Waals surface area (Å²) in [4.78, 5) is 0. The third kappa shape index (κ3) is 2.96. The molecule has 1 heterocycles. The molecular formula is C27H46O. The summed E-state index contributed by atoms with van der Waals surface area (Å²) < 4.78 is 6.10. The number of ether oxygens (including phenoxy) is 1. The van der Waals surface area contributed by atoms with Gasteiger partial charge in [-0.3, -0.25) is 0 Å². The molecule has 0 spiro atoms. The van der Waals surface area contributed by atoms with Crippen LogP contribution >= 0.6 is 0 Å². The van der Waals surface area contributed by atoms with Crippen LogP contribution in [0.3, 0.4) is 0 Å². The lowest BCUT2D eigenvalue weighted by Gasteiger charge is -2.60. The van der Waals surface area contributed by atoms with Crippen LogP contribution in [0.15, 0.2) is 0 Å². The van der Waals surface area contributed by atoms with Gasteiger partial charge in [0, 0.05) is 0 Å². The van der Waals surface area contributed by atoms with E-state index in [1.54, 1.807) is 6.42 Å².